The van der Waals surface area contributed by atoms with Gasteiger partial charge in [-0.15, -0.1) is 11.3 Å². The molecule has 2 rings (SSSR count). The van der Waals surface area contributed by atoms with Crippen LogP contribution in [0.15, 0.2) is 9.30 Å². The SMILES string of the molecule is Brc1nc([C@@H]2CCCN2)cs1. The van der Waals surface area contributed by atoms with E-state index >= 15 is 0 Å². The zero-order valence-electron chi connectivity index (χ0n) is 6.01. The van der Waals surface area contributed by atoms with Gasteiger partial charge in [0.1, 0.15) is 0 Å². The fourth-order valence-electron chi connectivity index (χ4n) is 1.36. The Labute approximate surface area is 78.2 Å². The van der Waals surface area contributed by atoms with E-state index < -0.39 is 0 Å². The Morgan fingerprint density at radius 3 is 3.18 bits per heavy atom. The summed E-state index contributed by atoms with van der Waals surface area (Å²) < 4.78 is 0.987. The van der Waals surface area contributed by atoms with Crippen LogP contribution in [-0.4, -0.2) is 11.5 Å². The Morgan fingerprint density at radius 2 is 2.64 bits per heavy atom. The smallest absolute Gasteiger partial charge is 0.159 e. The summed E-state index contributed by atoms with van der Waals surface area (Å²) in [4.78, 5) is 4.37. The van der Waals surface area contributed by atoms with E-state index in [0.717, 1.165) is 10.5 Å². The second-order valence-electron chi connectivity index (χ2n) is 2.67. The van der Waals surface area contributed by atoms with Gasteiger partial charge in [0.05, 0.1) is 11.7 Å². The lowest BCUT2D eigenvalue weighted by molar-refractivity contribution is 0.631. The second-order valence-corrected chi connectivity index (χ2v) is 4.81. The van der Waals surface area contributed by atoms with Crippen molar-refractivity contribution in [1.29, 1.82) is 0 Å². The molecule has 1 fully saturated rings. The molecule has 1 atom stereocenters. The normalized spacial score (nSPS) is 24.3. The van der Waals surface area contributed by atoms with Gasteiger partial charge >= 0.3 is 0 Å². The third kappa shape index (κ3) is 1.63. The number of hydrogen-bond acceptors (Lipinski definition) is 3. The molecule has 2 heterocycles. The van der Waals surface area contributed by atoms with Crippen molar-refractivity contribution >= 4 is 27.3 Å². The Balaban J connectivity index is 2.15. The first-order valence-electron chi connectivity index (χ1n) is 3.70. The van der Waals surface area contributed by atoms with Crippen molar-refractivity contribution in [3.05, 3.63) is 15.0 Å². The summed E-state index contributed by atoms with van der Waals surface area (Å²) in [6.45, 7) is 1.14. The average molecular weight is 233 g/mol. The number of halogens is 1. The van der Waals surface area contributed by atoms with Gasteiger partial charge in [-0.3, -0.25) is 0 Å². The van der Waals surface area contributed by atoms with E-state index in [2.05, 4.69) is 31.6 Å². The molecule has 0 aliphatic carbocycles. The van der Waals surface area contributed by atoms with Crippen molar-refractivity contribution in [2.45, 2.75) is 18.9 Å². The maximum atomic E-state index is 4.37. The predicted molar refractivity (Wildman–Crippen MR) is 49.8 cm³/mol. The highest BCUT2D eigenvalue weighted by Crippen LogP contribution is 2.26. The van der Waals surface area contributed by atoms with Crippen molar-refractivity contribution in [3.63, 3.8) is 0 Å². The Hall–Kier alpha value is 0.0700. The van der Waals surface area contributed by atoms with Crippen LogP contribution < -0.4 is 5.32 Å². The molecular weight excluding hydrogens is 224 g/mol. The zero-order chi connectivity index (χ0) is 7.68. The summed E-state index contributed by atoms with van der Waals surface area (Å²) in [5, 5.41) is 5.53. The van der Waals surface area contributed by atoms with E-state index in [1.54, 1.807) is 11.3 Å². The van der Waals surface area contributed by atoms with Gasteiger partial charge in [-0.05, 0) is 35.3 Å². The summed E-state index contributed by atoms with van der Waals surface area (Å²) in [7, 11) is 0. The van der Waals surface area contributed by atoms with Crippen LogP contribution >= 0.6 is 27.3 Å². The molecule has 1 aromatic heterocycles. The molecule has 1 N–H and O–H groups in total. The van der Waals surface area contributed by atoms with Gasteiger partial charge in [-0.1, -0.05) is 0 Å². The molecule has 0 radical (unpaired) electrons. The monoisotopic (exact) mass is 232 g/mol. The number of rotatable bonds is 1. The van der Waals surface area contributed by atoms with Crippen LogP contribution in [0.2, 0.25) is 0 Å². The molecule has 2 nitrogen and oxygen atoms in total. The van der Waals surface area contributed by atoms with Crippen molar-refractivity contribution in [3.8, 4) is 0 Å². The van der Waals surface area contributed by atoms with Crippen LogP contribution in [0.5, 0.6) is 0 Å². The van der Waals surface area contributed by atoms with Crippen LogP contribution in [-0.2, 0) is 0 Å². The maximum absolute atomic E-state index is 4.37. The van der Waals surface area contributed by atoms with Crippen molar-refractivity contribution in [1.82, 2.24) is 10.3 Å². The lowest BCUT2D eigenvalue weighted by Gasteiger charge is -2.04. The predicted octanol–water partition coefficient (Wildman–Crippen LogP) is 2.33. The molecule has 0 spiro atoms. The van der Waals surface area contributed by atoms with E-state index in [4.69, 9.17) is 0 Å². The minimum atomic E-state index is 0.512. The van der Waals surface area contributed by atoms with Crippen LogP contribution in [0.4, 0.5) is 0 Å². The Kier molecular flexibility index (Phi) is 2.25. The van der Waals surface area contributed by atoms with E-state index in [0.29, 0.717) is 6.04 Å². The Bertz CT molecular complexity index is 242. The van der Waals surface area contributed by atoms with Crippen molar-refractivity contribution in [2.24, 2.45) is 0 Å². The topological polar surface area (TPSA) is 24.9 Å². The number of nitrogens with zero attached hydrogens (tertiary/aromatic N) is 1. The van der Waals surface area contributed by atoms with Crippen LogP contribution in [0.3, 0.4) is 0 Å². The lowest BCUT2D eigenvalue weighted by Crippen LogP contribution is -2.12. The largest absolute Gasteiger partial charge is 0.309 e. The first-order valence-corrected chi connectivity index (χ1v) is 5.38. The van der Waals surface area contributed by atoms with Gasteiger partial charge in [0, 0.05) is 5.38 Å². The molecule has 0 unspecified atom stereocenters. The van der Waals surface area contributed by atoms with Gasteiger partial charge in [0.15, 0.2) is 3.92 Å². The number of aromatic nitrogens is 1. The molecule has 11 heavy (non-hydrogen) atoms. The Morgan fingerprint density at radius 1 is 1.73 bits per heavy atom. The number of thiazole rings is 1. The molecule has 1 aliphatic heterocycles. The molecule has 1 aromatic rings. The van der Waals surface area contributed by atoms with Crippen LogP contribution in [0.1, 0.15) is 24.6 Å². The van der Waals surface area contributed by atoms with E-state index in [9.17, 15) is 0 Å². The lowest BCUT2D eigenvalue weighted by atomic mass is 10.2. The number of hydrogen-bond donors (Lipinski definition) is 1. The summed E-state index contributed by atoms with van der Waals surface area (Å²) in [6, 6.07) is 0.512. The van der Waals surface area contributed by atoms with Crippen molar-refractivity contribution in [2.75, 3.05) is 6.54 Å². The van der Waals surface area contributed by atoms with E-state index in [1.165, 1.54) is 18.5 Å². The molecule has 4 heteroatoms. The molecule has 0 aromatic carbocycles. The van der Waals surface area contributed by atoms with E-state index in [1.807, 2.05) is 0 Å². The minimum absolute atomic E-state index is 0.512. The quantitative estimate of drug-likeness (QED) is 0.805. The zero-order valence-corrected chi connectivity index (χ0v) is 8.41. The third-order valence-electron chi connectivity index (χ3n) is 1.91. The average Bonchev–Trinajstić information content (AvgIpc) is 2.55. The van der Waals surface area contributed by atoms with Gasteiger partial charge in [0.2, 0.25) is 0 Å². The van der Waals surface area contributed by atoms with Gasteiger partial charge in [-0.2, -0.15) is 0 Å². The van der Waals surface area contributed by atoms with Crippen molar-refractivity contribution < 1.29 is 0 Å². The van der Waals surface area contributed by atoms with Crippen LogP contribution in [0.25, 0.3) is 0 Å². The van der Waals surface area contributed by atoms with Crippen LogP contribution in [0, 0.1) is 0 Å². The minimum Gasteiger partial charge on any atom is -0.309 e. The highest BCUT2D eigenvalue weighted by atomic mass is 79.9. The molecule has 1 aliphatic rings. The second kappa shape index (κ2) is 3.21. The molecule has 60 valence electrons. The fourth-order valence-corrected chi connectivity index (χ4v) is 2.44. The molecule has 0 bridgehead atoms. The first-order chi connectivity index (χ1) is 5.36. The molecule has 1 saturated heterocycles. The van der Waals surface area contributed by atoms with Gasteiger partial charge < -0.3 is 5.32 Å². The van der Waals surface area contributed by atoms with Gasteiger partial charge in [0.25, 0.3) is 0 Å². The summed E-state index contributed by atoms with van der Waals surface area (Å²) in [6.07, 6.45) is 2.51. The maximum Gasteiger partial charge on any atom is 0.159 e. The highest BCUT2D eigenvalue weighted by Gasteiger charge is 2.17. The summed E-state index contributed by atoms with van der Waals surface area (Å²) in [5.41, 5.74) is 1.19. The third-order valence-corrected chi connectivity index (χ3v) is 3.29. The summed E-state index contributed by atoms with van der Waals surface area (Å²) in [5.74, 6) is 0. The fraction of sp³-hybridized carbons (Fsp3) is 0.571. The standard InChI is InChI=1S/C7H9BrN2S/c8-7-10-6(4-11-7)5-2-1-3-9-5/h4-5,9H,1-3H2/t5-/m0/s1. The molecule has 0 amide bonds. The number of nitrogens with one attached hydrogen (secondary N) is 1. The first kappa shape index (κ1) is 7.71. The molecular formula is C7H9BrN2S. The van der Waals surface area contributed by atoms with E-state index in [-0.39, 0.29) is 0 Å². The van der Waals surface area contributed by atoms with Gasteiger partial charge in [-0.25, -0.2) is 4.98 Å². The summed E-state index contributed by atoms with van der Waals surface area (Å²) >= 11 is 5.02. The highest BCUT2D eigenvalue weighted by molar-refractivity contribution is 9.11. The molecule has 0 saturated carbocycles.